The molecule has 1 N–H and O–H groups in total. The molecule has 1 aromatic carbocycles. The molecule has 0 aliphatic carbocycles. The minimum atomic E-state index is -3.42. The van der Waals surface area contributed by atoms with Gasteiger partial charge >= 0.3 is 0 Å². The van der Waals surface area contributed by atoms with Crippen LogP contribution in [0, 0.1) is 5.92 Å². The lowest BCUT2D eigenvalue weighted by atomic mass is 9.98. The zero-order valence-corrected chi connectivity index (χ0v) is 16.7. The highest BCUT2D eigenvalue weighted by atomic mass is 79.9. The van der Waals surface area contributed by atoms with Crippen LogP contribution in [0.1, 0.15) is 22.5 Å². The molecule has 0 bridgehead atoms. The van der Waals surface area contributed by atoms with Crippen molar-refractivity contribution in [3.8, 4) is 0 Å². The number of rotatable bonds is 5. The van der Waals surface area contributed by atoms with Gasteiger partial charge in [0.25, 0.3) is 5.91 Å². The van der Waals surface area contributed by atoms with Crippen LogP contribution in [0.25, 0.3) is 0 Å². The van der Waals surface area contributed by atoms with E-state index in [1.165, 1.54) is 15.6 Å². The zero-order valence-electron chi connectivity index (χ0n) is 13.5. The molecule has 1 fully saturated rings. The van der Waals surface area contributed by atoms with E-state index in [1.807, 2.05) is 11.4 Å². The van der Waals surface area contributed by atoms with E-state index in [9.17, 15) is 13.2 Å². The Morgan fingerprint density at radius 2 is 1.88 bits per heavy atom. The van der Waals surface area contributed by atoms with Crippen LogP contribution in [0.2, 0.25) is 0 Å². The van der Waals surface area contributed by atoms with Gasteiger partial charge in [0, 0.05) is 24.1 Å². The molecule has 3 rings (SSSR count). The molecule has 1 aliphatic heterocycles. The van der Waals surface area contributed by atoms with E-state index in [-0.39, 0.29) is 5.91 Å². The molecule has 25 heavy (non-hydrogen) atoms. The average molecular weight is 443 g/mol. The van der Waals surface area contributed by atoms with Crippen molar-refractivity contribution < 1.29 is 13.2 Å². The number of carbonyl (C=O) groups excluding carboxylic acids is 1. The lowest BCUT2D eigenvalue weighted by Gasteiger charge is -2.31. The van der Waals surface area contributed by atoms with Gasteiger partial charge in [-0.25, -0.2) is 8.42 Å². The van der Waals surface area contributed by atoms with Crippen molar-refractivity contribution >= 4 is 43.2 Å². The first kappa shape index (κ1) is 18.6. The molecule has 0 unspecified atom stereocenters. The van der Waals surface area contributed by atoms with Gasteiger partial charge in [-0.2, -0.15) is 4.31 Å². The summed E-state index contributed by atoms with van der Waals surface area (Å²) in [6.07, 6.45) is 1.50. The normalized spacial score (nSPS) is 16.7. The number of benzene rings is 1. The van der Waals surface area contributed by atoms with Gasteiger partial charge in [-0.1, -0.05) is 18.2 Å². The maximum Gasteiger partial charge on any atom is 0.262 e. The molecule has 1 aliphatic rings. The lowest BCUT2D eigenvalue weighted by molar-refractivity contribution is 0.0945. The summed E-state index contributed by atoms with van der Waals surface area (Å²) in [6.45, 7) is 1.54. The molecule has 8 heteroatoms. The molecule has 1 saturated heterocycles. The predicted molar refractivity (Wildman–Crippen MR) is 102 cm³/mol. The molecule has 2 aromatic rings. The van der Waals surface area contributed by atoms with Crippen molar-refractivity contribution in [1.29, 1.82) is 0 Å². The molecule has 0 saturated carbocycles. The highest BCUT2D eigenvalue weighted by Crippen LogP contribution is 2.25. The summed E-state index contributed by atoms with van der Waals surface area (Å²) in [5.74, 6) is 0.214. The number of carbonyl (C=O) groups is 1. The number of piperidine rings is 1. The smallest absolute Gasteiger partial charge is 0.262 e. The fourth-order valence-corrected chi connectivity index (χ4v) is 5.83. The Hall–Kier alpha value is -1.22. The number of sulfonamides is 1. The number of nitrogens with one attached hydrogen (secondary N) is 1. The van der Waals surface area contributed by atoms with E-state index in [2.05, 4.69) is 21.2 Å². The fraction of sp³-hybridized carbons (Fsp3) is 0.353. The molecule has 134 valence electrons. The average Bonchev–Trinajstić information content (AvgIpc) is 3.07. The first-order valence-corrected chi connectivity index (χ1v) is 11.2. The van der Waals surface area contributed by atoms with Crippen LogP contribution < -0.4 is 5.32 Å². The van der Waals surface area contributed by atoms with E-state index in [0.29, 0.717) is 35.3 Å². The second-order valence-electron chi connectivity index (χ2n) is 5.97. The summed E-state index contributed by atoms with van der Waals surface area (Å²) in [4.78, 5) is 13.1. The van der Waals surface area contributed by atoms with Crippen LogP contribution >= 0.6 is 27.3 Å². The third kappa shape index (κ3) is 4.31. The SMILES string of the molecule is O=C(NCC1CCN(S(=O)(=O)c2ccccc2)CC1)c1sccc1Br. The largest absolute Gasteiger partial charge is 0.351 e. The van der Waals surface area contributed by atoms with Gasteiger partial charge in [-0.15, -0.1) is 11.3 Å². The van der Waals surface area contributed by atoms with E-state index in [4.69, 9.17) is 0 Å². The number of hydrogen-bond donors (Lipinski definition) is 1. The van der Waals surface area contributed by atoms with Crippen LogP contribution in [-0.4, -0.2) is 38.3 Å². The summed E-state index contributed by atoms with van der Waals surface area (Å²) >= 11 is 4.76. The van der Waals surface area contributed by atoms with Crippen molar-refractivity contribution in [2.45, 2.75) is 17.7 Å². The summed E-state index contributed by atoms with van der Waals surface area (Å²) in [6, 6.07) is 10.4. The number of nitrogens with zero attached hydrogens (tertiary/aromatic N) is 1. The molecule has 2 heterocycles. The maximum absolute atomic E-state index is 12.6. The Morgan fingerprint density at radius 1 is 1.20 bits per heavy atom. The highest BCUT2D eigenvalue weighted by Gasteiger charge is 2.29. The zero-order chi connectivity index (χ0) is 17.9. The molecule has 0 atom stereocenters. The first-order valence-electron chi connectivity index (χ1n) is 8.05. The Kier molecular flexibility index (Phi) is 5.93. The molecular formula is C17H19BrN2O3S2. The topological polar surface area (TPSA) is 66.5 Å². The van der Waals surface area contributed by atoms with Gasteiger partial charge in [0.2, 0.25) is 10.0 Å². The second kappa shape index (κ2) is 7.99. The van der Waals surface area contributed by atoms with Gasteiger partial charge in [-0.05, 0) is 58.3 Å². The van der Waals surface area contributed by atoms with Gasteiger partial charge < -0.3 is 5.32 Å². The number of hydrogen-bond acceptors (Lipinski definition) is 4. The summed E-state index contributed by atoms with van der Waals surface area (Å²) in [5, 5.41) is 4.82. The van der Waals surface area contributed by atoms with Gasteiger partial charge in [-0.3, -0.25) is 4.79 Å². The van der Waals surface area contributed by atoms with Crippen LogP contribution in [0.15, 0.2) is 51.1 Å². The standard InChI is InChI=1S/C17H19BrN2O3S2/c18-15-8-11-24-16(15)17(21)19-12-13-6-9-20(10-7-13)25(22,23)14-4-2-1-3-5-14/h1-5,8,11,13H,6-7,9-10,12H2,(H,19,21). The number of amides is 1. The van der Waals surface area contributed by atoms with Crippen LogP contribution in [-0.2, 0) is 10.0 Å². The Labute approximate surface area is 160 Å². The minimum Gasteiger partial charge on any atom is -0.351 e. The maximum atomic E-state index is 12.6. The van der Waals surface area contributed by atoms with E-state index < -0.39 is 10.0 Å². The molecule has 1 amide bonds. The molecule has 0 radical (unpaired) electrons. The van der Waals surface area contributed by atoms with Crippen molar-refractivity contribution in [2.24, 2.45) is 5.92 Å². The molecule has 5 nitrogen and oxygen atoms in total. The summed E-state index contributed by atoms with van der Waals surface area (Å²) < 4.78 is 27.6. The van der Waals surface area contributed by atoms with Gasteiger partial charge in [0.05, 0.1) is 4.90 Å². The predicted octanol–water partition coefficient (Wildman–Crippen LogP) is 3.34. The van der Waals surface area contributed by atoms with Crippen LogP contribution in [0.5, 0.6) is 0 Å². The van der Waals surface area contributed by atoms with Crippen LogP contribution in [0.3, 0.4) is 0 Å². The van der Waals surface area contributed by atoms with Gasteiger partial charge in [0.15, 0.2) is 0 Å². The van der Waals surface area contributed by atoms with Gasteiger partial charge in [0.1, 0.15) is 4.88 Å². The Balaban J connectivity index is 1.52. The Bertz CT molecular complexity index is 829. The lowest BCUT2D eigenvalue weighted by Crippen LogP contribution is -2.41. The number of thiophene rings is 1. The van der Waals surface area contributed by atoms with E-state index >= 15 is 0 Å². The van der Waals surface area contributed by atoms with E-state index in [1.54, 1.807) is 30.3 Å². The first-order chi connectivity index (χ1) is 12.0. The highest BCUT2D eigenvalue weighted by molar-refractivity contribution is 9.10. The van der Waals surface area contributed by atoms with Crippen molar-refractivity contribution in [2.75, 3.05) is 19.6 Å². The second-order valence-corrected chi connectivity index (χ2v) is 9.68. The molecular weight excluding hydrogens is 424 g/mol. The number of halogens is 1. The van der Waals surface area contributed by atoms with Crippen molar-refractivity contribution in [3.63, 3.8) is 0 Å². The van der Waals surface area contributed by atoms with E-state index in [0.717, 1.165) is 17.3 Å². The van der Waals surface area contributed by atoms with Crippen LogP contribution in [0.4, 0.5) is 0 Å². The summed E-state index contributed by atoms with van der Waals surface area (Å²) in [7, 11) is -3.42. The minimum absolute atomic E-state index is 0.0822. The monoisotopic (exact) mass is 442 g/mol. The molecule has 0 spiro atoms. The quantitative estimate of drug-likeness (QED) is 0.771. The third-order valence-corrected chi connectivity index (χ3v) is 8.08. The fourth-order valence-electron chi connectivity index (χ4n) is 2.87. The van der Waals surface area contributed by atoms with Crippen molar-refractivity contribution in [3.05, 3.63) is 51.1 Å². The summed E-state index contributed by atoms with van der Waals surface area (Å²) in [5.41, 5.74) is 0. The molecule has 1 aromatic heterocycles. The van der Waals surface area contributed by atoms with Crippen molar-refractivity contribution in [1.82, 2.24) is 9.62 Å². The Morgan fingerprint density at radius 3 is 2.48 bits per heavy atom. The third-order valence-electron chi connectivity index (χ3n) is 4.33.